The molecule has 0 aliphatic carbocycles. The van der Waals surface area contributed by atoms with Crippen LogP contribution in [0.25, 0.3) is 5.57 Å². The molecular weight excluding hydrogens is 415 g/mol. The fraction of sp³-hybridized carbons (Fsp3) is 0.381. The van der Waals surface area contributed by atoms with Crippen molar-refractivity contribution < 1.29 is 32.2 Å². The number of carbonyl (C=O) groups excluding carboxylic acids is 2. The number of nitrogens with one attached hydrogen (secondary N) is 1. The lowest BCUT2D eigenvalue weighted by atomic mass is 9.89. The van der Waals surface area contributed by atoms with Crippen molar-refractivity contribution in [1.29, 1.82) is 0 Å². The van der Waals surface area contributed by atoms with Gasteiger partial charge in [-0.05, 0) is 50.1 Å². The molecule has 3 heterocycles. The summed E-state index contributed by atoms with van der Waals surface area (Å²) in [6.07, 6.45) is -4.28. The first kappa shape index (κ1) is 21.1. The van der Waals surface area contributed by atoms with Crippen LogP contribution in [0.1, 0.15) is 41.5 Å². The Morgan fingerprint density at radius 2 is 1.90 bits per heavy atom. The average Bonchev–Trinajstić information content (AvgIpc) is 3.42. The molecule has 1 amide bonds. The SMILES string of the molecule is CCOC(=O)c1ccc(NC(=O)C2=C(c3cc(C(F)(F)F)nn3C)C3CC[C@H]2O3)cc1. The van der Waals surface area contributed by atoms with E-state index in [1.54, 1.807) is 19.1 Å². The van der Waals surface area contributed by atoms with Gasteiger partial charge in [0.2, 0.25) is 0 Å². The minimum atomic E-state index is -4.59. The lowest BCUT2D eigenvalue weighted by Gasteiger charge is -2.17. The Morgan fingerprint density at radius 3 is 2.52 bits per heavy atom. The topological polar surface area (TPSA) is 82.5 Å². The van der Waals surface area contributed by atoms with E-state index in [0.29, 0.717) is 35.2 Å². The minimum Gasteiger partial charge on any atom is -0.462 e. The average molecular weight is 435 g/mol. The third-order valence-corrected chi connectivity index (χ3v) is 5.30. The molecular formula is C21H20F3N3O4. The van der Waals surface area contributed by atoms with Crippen molar-refractivity contribution >= 4 is 23.1 Å². The molecule has 1 unspecified atom stereocenters. The van der Waals surface area contributed by atoms with Crippen LogP contribution in [0.2, 0.25) is 0 Å². The van der Waals surface area contributed by atoms with E-state index in [4.69, 9.17) is 9.47 Å². The molecule has 10 heteroatoms. The largest absolute Gasteiger partial charge is 0.462 e. The lowest BCUT2D eigenvalue weighted by molar-refractivity contribution is -0.141. The van der Waals surface area contributed by atoms with Crippen molar-refractivity contribution in [2.75, 3.05) is 11.9 Å². The van der Waals surface area contributed by atoms with Crippen LogP contribution in [0.5, 0.6) is 0 Å². The molecule has 2 atom stereocenters. The van der Waals surface area contributed by atoms with E-state index in [0.717, 1.165) is 10.7 Å². The second kappa shape index (κ2) is 7.84. The van der Waals surface area contributed by atoms with E-state index in [2.05, 4.69) is 10.4 Å². The van der Waals surface area contributed by atoms with Gasteiger partial charge in [-0.3, -0.25) is 9.48 Å². The van der Waals surface area contributed by atoms with Gasteiger partial charge in [-0.1, -0.05) is 0 Å². The zero-order valence-corrected chi connectivity index (χ0v) is 16.8. The van der Waals surface area contributed by atoms with Crippen molar-refractivity contribution in [2.45, 2.75) is 38.1 Å². The van der Waals surface area contributed by atoms with Crippen molar-refractivity contribution in [3.63, 3.8) is 0 Å². The zero-order valence-electron chi connectivity index (χ0n) is 16.8. The summed E-state index contributed by atoms with van der Waals surface area (Å²) >= 11 is 0. The van der Waals surface area contributed by atoms with Gasteiger partial charge in [-0.2, -0.15) is 18.3 Å². The highest BCUT2D eigenvalue weighted by molar-refractivity contribution is 6.11. The Hall–Kier alpha value is -3.14. The second-order valence-electron chi connectivity index (χ2n) is 7.31. The molecule has 0 saturated carbocycles. The van der Waals surface area contributed by atoms with Crippen LogP contribution in [-0.2, 0) is 27.5 Å². The molecule has 164 valence electrons. The molecule has 4 rings (SSSR count). The van der Waals surface area contributed by atoms with Gasteiger partial charge in [0, 0.05) is 18.3 Å². The van der Waals surface area contributed by atoms with Gasteiger partial charge in [0.15, 0.2) is 5.69 Å². The third kappa shape index (κ3) is 3.95. The highest BCUT2D eigenvalue weighted by Crippen LogP contribution is 2.45. The molecule has 1 N–H and O–H groups in total. The molecule has 1 fully saturated rings. The summed E-state index contributed by atoms with van der Waals surface area (Å²) in [7, 11) is 1.41. The maximum atomic E-state index is 13.1. The van der Waals surface area contributed by atoms with E-state index >= 15 is 0 Å². The summed E-state index contributed by atoms with van der Waals surface area (Å²) in [6.45, 7) is 1.95. The number of aryl methyl sites for hydroxylation is 1. The number of ether oxygens (including phenoxy) is 2. The monoisotopic (exact) mass is 435 g/mol. The highest BCUT2D eigenvalue weighted by Gasteiger charge is 2.45. The Morgan fingerprint density at radius 1 is 1.23 bits per heavy atom. The van der Waals surface area contributed by atoms with Gasteiger partial charge in [0.25, 0.3) is 5.91 Å². The van der Waals surface area contributed by atoms with E-state index in [9.17, 15) is 22.8 Å². The Bertz CT molecular complexity index is 1060. The van der Waals surface area contributed by atoms with Gasteiger partial charge in [-0.15, -0.1) is 0 Å². The zero-order chi connectivity index (χ0) is 22.3. The number of carbonyl (C=O) groups is 2. The number of rotatable bonds is 5. The molecule has 2 aromatic rings. The molecule has 31 heavy (non-hydrogen) atoms. The number of benzene rings is 1. The Labute approximate surface area is 175 Å². The Kier molecular flexibility index (Phi) is 5.34. The third-order valence-electron chi connectivity index (χ3n) is 5.30. The molecule has 1 saturated heterocycles. The smallest absolute Gasteiger partial charge is 0.435 e. The number of fused-ring (bicyclic) bond motifs is 2. The fourth-order valence-electron chi connectivity index (χ4n) is 3.94. The number of alkyl halides is 3. The number of hydrogen-bond donors (Lipinski definition) is 1. The van der Waals surface area contributed by atoms with Gasteiger partial charge in [0.05, 0.1) is 35.6 Å². The molecule has 2 aliphatic rings. The van der Waals surface area contributed by atoms with Gasteiger partial charge in [-0.25, -0.2) is 4.79 Å². The summed E-state index contributed by atoms with van der Waals surface area (Å²) in [5.74, 6) is -0.926. The number of anilines is 1. The van der Waals surface area contributed by atoms with Crippen LogP contribution < -0.4 is 5.32 Å². The summed E-state index contributed by atoms with van der Waals surface area (Å²) in [4.78, 5) is 24.8. The number of hydrogen-bond acceptors (Lipinski definition) is 5. The van der Waals surface area contributed by atoms with E-state index in [1.165, 1.54) is 19.2 Å². The number of amides is 1. The Balaban J connectivity index is 1.62. The standard InChI is InChI=1S/C21H20F3N3O4/c1-3-30-20(29)11-4-6-12(7-5-11)25-19(28)18-15-9-8-14(31-15)17(18)13-10-16(21(22,23)24)26-27(13)2/h4-7,10,14-15H,3,8-9H2,1-2H3,(H,25,28)/t14?,15-/m1/s1. The van der Waals surface area contributed by atoms with Crippen LogP contribution in [0.15, 0.2) is 35.9 Å². The van der Waals surface area contributed by atoms with Gasteiger partial charge >= 0.3 is 12.1 Å². The number of aromatic nitrogens is 2. The quantitative estimate of drug-likeness (QED) is 0.727. The van der Waals surface area contributed by atoms with Crippen LogP contribution in [0.4, 0.5) is 18.9 Å². The molecule has 0 spiro atoms. The van der Waals surface area contributed by atoms with Crippen LogP contribution in [0, 0.1) is 0 Å². The summed E-state index contributed by atoms with van der Waals surface area (Å²) in [5, 5.41) is 6.30. The molecule has 1 aromatic carbocycles. The molecule has 1 aromatic heterocycles. The fourth-order valence-corrected chi connectivity index (χ4v) is 3.94. The second-order valence-corrected chi connectivity index (χ2v) is 7.31. The van der Waals surface area contributed by atoms with Crippen molar-refractivity contribution in [3.8, 4) is 0 Å². The number of esters is 1. The maximum Gasteiger partial charge on any atom is 0.435 e. The van der Waals surface area contributed by atoms with Gasteiger partial charge in [0.1, 0.15) is 0 Å². The van der Waals surface area contributed by atoms with Crippen molar-refractivity contribution in [2.24, 2.45) is 7.05 Å². The van der Waals surface area contributed by atoms with Crippen LogP contribution in [0.3, 0.4) is 0 Å². The van der Waals surface area contributed by atoms with Crippen LogP contribution >= 0.6 is 0 Å². The normalized spacial score (nSPS) is 20.3. The van der Waals surface area contributed by atoms with Crippen LogP contribution in [-0.4, -0.2) is 40.5 Å². The first-order chi connectivity index (χ1) is 14.7. The summed E-state index contributed by atoms with van der Waals surface area (Å²) < 4.78 is 51.2. The highest BCUT2D eigenvalue weighted by atomic mass is 19.4. The van der Waals surface area contributed by atoms with Gasteiger partial charge < -0.3 is 14.8 Å². The summed E-state index contributed by atoms with van der Waals surface area (Å²) in [5.41, 5.74) is 0.716. The molecule has 0 radical (unpaired) electrons. The summed E-state index contributed by atoms with van der Waals surface area (Å²) in [6, 6.07) is 7.11. The maximum absolute atomic E-state index is 13.1. The molecule has 2 aliphatic heterocycles. The first-order valence-electron chi connectivity index (χ1n) is 9.78. The minimum absolute atomic E-state index is 0.210. The number of nitrogens with zero attached hydrogens (tertiary/aromatic N) is 2. The predicted molar refractivity (Wildman–Crippen MR) is 104 cm³/mol. The predicted octanol–water partition coefficient (Wildman–Crippen LogP) is 3.57. The number of halogens is 3. The van der Waals surface area contributed by atoms with E-state index < -0.39 is 36.0 Å². The molecule has 2 bridgehead atoms. The molecule has 7 nitrogen and oxygen atoms in total. The first-order valence-corrected chi connectivity index (χ1v) is 9.78. The van der Waals surface area contributed by atoms with E-state index in [-0.39, 0.29) is 12.3 Å². The van der Waals surface area contributed by atoms with Crippen molar-refractivity contribution in [3.05, 3.63) is 52.9 Å². The van der Waals surface area contributed by atoms with Crippen molar-refractivity contribution in [1.82, 2.24) is 9.78 Å². The lowest BCUT2D eigenvalue weighted by Crippen LogP contribution is -2.23. The van der Waals surface area contributed by atoms with E-state index in [1.807, 2.05) is 0 Å².